The molecule has 0 spiro atoms. The molecule has 0 aromatic heterocycles. The molecule has 0 heterocycles. The van der Waals surface area contributed by atoms with E-state index in [2.05, 4.69) is 24.7 Å². The largest absolute Gasteiger partial charge is 0.240 e. The first-order valence-electron chi connectivity index (χ1n) is 3.42. The maximum absolute atomic E-state index is 4.16. The van der Waals surface area contributed by atoms with E-state index in [1.165, 1.54) is 0 Å². The van der Waals surface area contributed by atoms with Gasteiger partial charge in [0.25, 0.3) is 0 Å². The molecule has 0 aliphatic carbocycles. The Morgan fingerprint density at radius 1 is 1.56 bits per heavy atom. The van der Waals surface area contributed by atoms with Gasteiger partial charge in [-0.3, -0.25) is 0 Å². The maximum Gasteiger partial charge on any atom is 0.0563 e. The Morgan fingerprint density at radius 2 is 2.11 bits per heavy atom. The fourth-order valence-corrected chi connectivity index (χ4v) is 0.331. The second-order valence-electron chi connectivity index (χ2n) is 2.50. The van der Waals surface area contributed by atoms with Crippen molar-refractivity contribution in [1.29, 1.82) is 0 Å². The third-order valence-electron chi connectivity index (χ3n) is 1.10. The van der Waals surface area contributed by atoms with Crippen LogP contribution >= 0.6 is 0 Å². The van der Waals surface area contributed by atoms with Crippen LogP contribution in [0, 0.1) is 0 Å². The van der Waals surface area contributed by atoms with E-state index in [1.54, 1.807) is 0 Å². The van der Waals surface area contributed by atoms with Gasteiger partial charge in [-0.25, -0.2) is 4.99 Å². The highest BCUT2D eigenvalue weighted by Gasteiger charge is 1.88. The summed E-state index contributed by atoms with van der Waals surface area (Å²) in [6, 6.07) is 0.430. The van der Waals surface area contributed by atoms with Gasteiger partial charge in [0.1, 0.15) is 0 Å². The number of hydrogen-bond donors (Lipinski definition) is 0. The van der Waals surface area contributed by atoms with E-state index < -0.39 is 0 Å². The van der Waals surface area contributed by atoms with E-state index >= 15 is 0 Å². The second kappa shape index (κ2) is 4.34. The van der Waals surface area contributed by atoms with Crippen molar-refractivity contribution in [2.75, 3.05) is 0 Å². The summed E-state index contributed by atoms with van der Waals surface area (Å²) in [5.41, 5.74) is 1.15. The lowest BCUT2D eigenvalue weighted by atomic mass is 10.3. The molecular weight excluding hydrogens is 110 g/mol. The standard InChI is InChI=1S/C8H15N/c1-5-8(4)9-6-7(2)3/h8H,5H2,1-4H3. The van der Waals surface area contributed by atoms with Crippen LogP contribution in [0.1, 0.15) is 34.1 Å². The van der Waals surface area contributed by atoms with Crippen molar-refractivity contribution in [3.8, 4) is 0 Å². The molecule has 1 heteroatoms. The molecule has 0 aliphatic heterocycles. The highest BCUT2D eigenvalue weighted by Crippen LogP contribution is 1.92. The average molecular weight is 125 g/mol. The highest BCUT2D eigenvalue weighted by molar-refractivity contribution is 5.56. The lowest BCUT2D eigenvalue weighted by molar-refractivity contribution is 0.721. The summed E-state index contributed by atoms with van der Waals surface area (Å²) in [4.78, 5) is 4.16. The van der Waals surface area contributed by atoms with E-state index in [1.807, 2.05) is 13.8 Å². The van der Waals surface area contributed by atoms with Gasteiger partial charge in [-0.05, 0) is 38.6 Å². The normalized spacial score (nSPS) is 12.0. The Bertz CT molecular complexity index is 126. The molecule has 0 N–H and O–H groups in total. The van der Waals surface area contributed by atoms with Gasteiger partial charge in [0.15, 0.2) is 0 Å². The summed E-state index contributed by atoms with van der Waals surface area (Å²) >= 11 is 0. The maximum atomic E-state index is 4.16. The van der Waals surface area contributed by atoms with Crippen molar-refractivity contribution in [2.45, 2.75) is 40.2 Å². The van der Waals surface area contributed by atoms with Crippen LogP contribution in [0.2, 0.25) is 0 Å². The van der Waals surface area contributed by atoms with E-state index in [0.29, 0.717) is 6.04 Å². The van der Waals surface area contributed by atoms with Gasteiger partial charge < -0.3 is 0 Å². The molecule has 0 aromatic carbocycles. The number of aliphatic imine (C=N–C) groups is 1. The third-order valence-corrected chi connectivity index (χ3v) is 1.10. The van der Waals surface area contributed by atoms with Crippen LogP contribution in [-0.2, 0) is 0 Å². The molecule has 0 aliphatic rings. The highest BCUT2D eigenvalue weighted by atomic mass is 14.7. The lowest BCUT2D eigenvalue weighted by Gasteiger charge is -1.94. The molecular formula is C8H15N. The van der Waals surface area contributed by atoms with Crippen molar-refractivity contribution >= 4 is 5.87 Å². The minimum absolute atomic E-state index is 0.430. The van der Waals surface area contributed by atoms with Crippen LogP contribution in [0.4, 0.5) is 0 Å². The molecule has 0 saturated heterocycles. The van der Waals surface area contributed by atoms with E-state index in [-0.39, 0.29) is 0 Å². The van der Waals surface area contributed by atoms with Crippen LogP contribution in [0.3, 0.4) is 0 Å². The van der Waals surface area contributed by atoms with Crippen molar-refractivity contribution in [1.82, 2.24) is 0 Å². The zero-order valence-corrected chi connectivity index (χ0v) is 6.73. The van der Waals surface area contributed by atoms with Gasteiger partial charge in [-0.2, -0.15) is 0 Å². The van der Waals surface area contributed by atoms with Crippen LogP contribution in [0.15, 0.2) is 10.6 Å². The van der Waals surface area contributed by atoms with Crippen LogP contribution in [0.5, 0.6) is 0 Å². The van der Waals surface area contributed by atoms with Gasteiger partial charge in [0.05, 0.1) is 6.04 Å². The fourth-order valence-electron chi connectivity index (χ4n) is 0.331. The third kappa shape index (κ3) is 5.32. The number of allylic oxidation sites excluding steroid dienone is 1. The van der Waals surface area contributed by atoms with Gasteiger partial charge in [-0.15, -0.1) is 0 Å². The zero-order chi connectivity index (χ0) is 7.28. The van der Waals surface area contributed by atoms with Gasteiger partial charge in [-0.1, -0.05) is 6.92 Å². The summed E-state index contributed by atoms with van der Waals surface area (Å²) in [6.45, 7) is 8.23. The second-order valence-corrected chi connectivity index (χ2v) is 2.50. The quantitative estimate of drug-likeness (QED) is 0.502. The first-order valence-corrected chi connectivity index (χ1v) is 3.42. The topological polar surface area (TPSA) is 12.4 Å². The summed E-state index contributed by atoms with van der Waals surface area (Å²) in [6.07, 6.45) is 1.10. The Labute approximate surface area is 57.5 Å². The number of rotatable bonds is 2. The molecule has 0 bridgehead atoms. The van der Waals surface area contributed by atoms with Crippen molar-refractivity contribution in [3.05, 3.63) is 5.57 Å². The minimum atomic E-state index is 0.430. The molecule has 0 amide bonds. The predicted octanol–water partition coefficient (Wildman–Crippen LogP) is 2.42. The van der Waals surface area contributed by atoms with Crippen LogP contribution in [-0.4, -0.2) is 11.9 Å². The molecule has 1 nitrogen and oxygen atoms in total. The van der Waals surface area contributed by atoms with Crippen LogP contribution < -0.4 is 0 Å². The molecule has 0 saturated carbocycles. The Morgan fingerprint density at radius 3 is 2.44 bits per heavy atom. The van der Waals surface area contributed by atoms with E-state index in [0.717, 1.165) is 12.0 Å². The van der Waals surface area contributed by atoms with Gasteiger partial charge >= 0.3 is 0 Å². The molecule has 0 aromatic rings. The lowest BCUT2D eigenvalue weighted by Crippen LogP contribution is -1.92. The van der Waals surface area contributed by atoms with Crippen molar-refractivity contribution in [2.24, 2.45) is 4.99 Å². The molecule has 0 rings (SSSR count). The van der Waals surface area contributed by atoms with Gasteiger partial charge in [0.2, 0.25) is 0 Å². The molecule has 1 unspecified atom stereocenters. The zero-order valence-electron chi connectivity index (χ0n) is 6.73. The smallest absolute Gasteiger partial charge is 0.0563 e. The predicted molar refractivity (Wildman–Crippen MR) is 42.0 cm³/mol. The first-order chi connectivity index (χ1) is 4.16. The minimum Gasteiger partial charge on any atom is -0.240 e. The van der Waals surface area contributed by atoms with Crippen molar-refractivity contribution < 1.29 is 0 Å². The van der Waals surface area contributed by atoms with Gasteiger partial charge in [0, 0.05) is 0 Å². The number of hydrogen-bond acceptors (Lipinski definition) is 1. The molecule has 52 valence electrons. The molecule has 9 heavy (non-hydrogen) atoms. The Balaban J connectivity index is 3.83. The monoisotopic (exact) mass is 125 g/mol. The van der Waals surface area contributed by atoms with E-state index in [4.69, 9.17) is 0 Å². The summed E-state index contributed by atoms with van der Waals surface area (Å²) in [5.74, 6) is 2.94. The van der Waals surface area contributed by atoms with E-state index in [9.17, 15) is 0 Å². The number of nitrogens with zero attached hydrogens (tertiary/aromatic N) is 1. The Hall–Kier alpha value is -0.550. The van der Waals surface area contributed by atoms with Crippen LogP contribution in [0.25, 0.3) is 0 Å². The first kappa shape index (κ1) is 8.45. The molecule has 1 atom stereocenters. The average Bonchev–Trinajstić information content (AvgIpc) is 1.83. The molecule has 0 fully saturated rings. The molecule has 0 radical (unpaired) electrons. The summed E-state index contributed by atoms with van der Waals surface area (Å²) in [5, 5.41) is 0. The fraction of sp³-hybridized carbons (Fsp3) is 0.750. The van der Waals surface area contributed by atoms with Crippen molar-refractivity contribution in [3.63, 3.8) is 0 Å². The summed E-state index contributed by atoms with van der Waals surface area (Å²) in [7, 11) is 0. The Kier molecular flexibility index (Phi) is 4.08. The summed E-state index contributed by atoms with van der Waals surface area (Å²) < 4.78 is 0. The SMILES string of the molecule is CCC(C)N=C=C(C)C.